The van der Waals surface area contributed by atoms with Crippen LogP contribution >= 0.6 is 0 Å². The molecular formula is C15H21N. The lowest BCUT2D eigenvalue weighted by molar-refractivity contribution is 0.0508. The molecule has 0 radical (unpaired) electrons. The van der Waals surface area contributed by atoms with Gasteiger partial charge in [-0.25, -0.2) is 0 Å². The zero-order valence-electron chi connectivity index (χ0n) is 10.5. The minimum atomic E-state index is 0.409. The van der Waals surface area contributed by atoms with Crippen molar-refractivity contribution in [2.24, 2.45) is 5.92 Å². The van der Waals surface area contributed by atoms with E-state index in [2.05, 4.69) is 50.1 Å². The highest BCUT2D eigenvalue weighted by Gasteiger charge is 2.46. The highest BCUT2D eigenvalue weighted by molar-refractivity contribution is 5.39. The molecule has 1 aromatic carbocycles. The zero-order valence-corrected chi connectivity index (χ0v) is 10.5. The van der Waals surface area contributed by atoms with Gasteiger partial charge in [0.05, 0.1) is 0 Å². The van der Waals surface area contributed by atoms with E-state index in [0.717, 1.165) is 12.0 Å². The fraction of sp³-hybridized carbons (Fsp3) is 0.600. The van der Waals surface area contributed by atoms with Crippen molar-refractivity contribution in [2.75, 3.05) is 13.6 Å². The molecule has 0 aromatic heterocycles. The van der Waals surface area contributed by atoms with Crippen LogP contribution in [0, 0.1) is 5.92 Å². The van der Waals surface area contributed by atoms with E-state index in [0.29, 0.717) is 5.41 Å². The number of benzene rings is 1. The molecule has 0 unspecified atom stereocenters. The van der Waals surface area contributed by atoms with Crippen LogP contribution in [0.1, 0.15) is 31.4 Å². The average molecular weight is 215 g/mol. The third kappa shape index (κ3) is 1.21. The quantitative estimate of drug-likeness (QED) is 0.643. The first-order valence-electron chi connectivity index (χ1n) is 6.41. The van der Waals surface area contributed by atoms with Gasteiger partial charge in [-0.1, -0.05) is 38.1 Å². The topological polar surface area (TPSA) is 3.24 Å². The van der Waals surface area contributed by atoms with Gasteiger partial charge >= 0.3 is 0 Å². The van der Waals surface area contributed by atoms with Gasteiger partial charge in [-0.3, -0.25) is 0 Å². The van der Waals surface area contributed by atoms with E-state index in [1.54, 1.807) is 11.1 Å². The number of rotatable bonds is 0. The highest BCUT2D eigenvalue weighted by atomic mass is 15.1. The zero-order chi connectivity index (χ0) is 11.3. The SMILES string of the molecule is C[C@H]1[C@@H]2Cc3ccccc3[C@]1(C)CCN2C. The standard InChI is InChI=1S/C15H21N/c1-11-14-10-12-6-4-5-7-13(12)15(11,2)8-9-16(14)3/h4-7,11,14H,8-10H2,1-3H3/t11-,14-,15+/m0/s1. The average Bonchev–Trinajstić information content (AvgIpc) is 2.29. The van der Waals surface area contributed by atoms with Gasteiger partial charge in [0.2, 0.25) is 0 Å². The fourth-order valence-corrected chi connectivity index (χ4v) is 3.80. The fourth-order valence-electron chi connectivity index (χ4n) is 3.80. The minimum Gasteiger partial charge on any atom is -0.303 e. The predicted molar refractivity (Wildman–Crippen MR) is 67.7 cm³/mol. The van der Waals surface area contributed by atoms with Crippen molar-refractivity contribution in [3.05, 3.63) is 35.4 Å². The van der Waals surface area contributed by atoms with Crippen molar-refractivity contribution < 1.29 is 0 Å². The van der Waals surface area contributed by atoms with E-state index in [9.17, 15) is 0 Å². The number of fused-ring (bicyclic) bond motifs is 4. The second-order valence-electron chi connectivity index (χ2n) is 5.87. The molecule has 16 heavy (non-hydrogen) atoms. The smallest absolute Gasteiger partial charge is 0.0167 e. The van der Waals surface area contributed by atoms with Gasteiger partial charge in [0.15, 0.2) is 0 Å². The van der Waals surface area contributed by atoms with Crippen LogP contribution in [-0.2, 0) is 11.8 Å². The number of likely N-dealkylation sites (N-methyl/N-ethyl adjacent to an activating group) is 1. The summed E-state index contributed by atoms with van der Waals surface area (Å²) in [7, 11) is 2.29. The molecule has 1 aromatic rings. The van der Waals surface area contributed by atoms with E-state index >= 15 is 0 Å². The Balaban J connectivity index is 2.15. The molecule has 1 heteroatoms. The summed E-state index contributed by atoms with van der Waals surface area (Å²) in [6, 6.07) is 9.82. The van der Waals surface area contributed by atoms with Gasteiger partial charge in [0.25, 0.3) is 0 Å². The van der Waals surface area contributed by atoms with Gasteiger partial charge in [0.1, 0.15) is 0 Å². The molecule has 2 bridgehead atoms. The van der Waals surface area contributed by atoms with Crippen molar-refractivity contribution in [2.45, 2.75) is 38.1 Å². The normalized spacial score (nSPS) is 38.2. The third-order valence-electron chi connectivity index (χ3n) is 5.19. The van der Waals surface area contributed by atoms with E-state index in [1.165, 1.54) is 19.4 Å². The Hall–Kier alpha value is -0.820. The van der Waals surface area contributed by atoms with E-state index < -0.39 is 0 Å². The summed E-state index contributed by atoms with van der Waals surface area (Å²) in [6.45, 7) is 6.16. The molecule has 86 valence electrons. The van der Waals surface area contributed by atoms with Crippen LogP contribution in [0.4, 0.5) is 0 Å². The Bertz CT molecular complexity index is 412. The van der Waals surface area contributed by atoms with E-state index in [4.69, 9.17) is 0 Å². The molecule has 0 spiro atoms. The maximum Gasteiger partial charge on any atom is 0.0167 e. The molecule has 1 nitrogen and oxygen atoms in total. The van der Waals surface area contributed by atoms with Gasteiger partial charge in [-0.05, 0) is 48.9 Å². The van der Waals surface area contributed by atoms with Crippen LogP contribution in [0.3, 0.4) is 0 Å². The summed E-state index contributed by atoms with van der Waals surface area (Å²) in [5, 5.41) is 0. The Labute approximate surface area is 98.5 Å². The van der Waals surface area contributed by atoms with Crippen LogP contribution in [-0.4, -0.2) is 24.5 Å². The monoisotopic (exact) mass is 215 g/mol. The molecule has 0 N–H and O–H groups in total. The molecule has 1 aliphatic heterocycles. The third-order valence-corrected chi connectivity index (χ3v) is 5.19. The van der Waals surface area contributed by atoms with Crippen LogP contribution < -0.4 is 0 Å². The first-order chi connectivity index (χ1) is 7.63. The number of likely N-dealkylation sites (tertiary alicyclic amines) is 1. The summed E-state index contributed by atoms with van der Waals surface area (Å²) in [6.07, 6.45) is 2.54. The first kappa shape index (κ1) is 10.3. The Morgan fingerprint density at radius 3 is 2.88 bits per heavy atom. The molecule has 2 aliphatic rings. The van der Waals surface area contributed by atoms with Gasteiger partial charge in [-0.2, -0.15) is 0 Å². The summed E-state index contributed by atoms with van der Waals surface area (Å²) in [5.74, 6) is 0.779. The predicted octanol–water partition coefficient (Wildman–Crippen LogP) is 2.84. The van der Waals surface area contributed by atoms with Crippen LogP contribution in [0.5, 0.6) is 0 Å². The first-order valence-corrected chi connectivity index (χ1v) is 6.41. The second kappa shape index (κ2) is 3.33. The summed E-state index contributed by atoms with van der Waals surface area (Å²) < 4.78 is 0. The molecule has 1 saturated heterocycles. The van der Waals surface area contributed by atoms with Crippen LogP contribution in [0.25, 0.3) is 0 Å². The Morgan fingerprint density at radius 1 is 1.31 bits per heavy atom. The lowest BCUT2D eigenvalue weighted by atomic mass is 9.59. The maximum absolute atomic E-state index is 2.56. The van der Waals surface area contributed by atoms with Crippen LogP contribution in [0.15, 0.2) is 24.3 Å². The van der Waals surface area contributed by atoms with E-state index in [1.807, 2.05) is 0 Å². The van der Waals surface area contributed by atoms with Crippen molar-refractivity contribution >= 4 is 0 Å². The summed E-state index contributed by atoms with van der Waals surface area (Å²) in [4.78, 5) is 2.56. The van der Waals surface area contributed by atoms with Crippen molar-refractivity contribution in [1.29, 1.82) is 0 Å². The minimum absolute atomic E-state index is 0.409. The van der Waals surface area contributed by atoms with Gasteiger partial charge in [-0.15, -0.1) is 0 Å². The number of piperidine rings is 1. The van der Waals surface area contributed by atoms with E-state index in [-0.39, 0.29) is 0 Å². The molecule has 3 atom stereocenters. The van der Waals surface area contributed by atoms with Crippen molar-refractivity contribution in [3.63, 3.8) is 0 Å². The maximum atomic E-state index is 2.56. The van der Waals surface area contributed by atoms with Gasteiger partial charge < -0.3 is 4.90 Å². The van der Waals surface area contributed by atoms with Crippen molar-refractivity contribution in [3.8, 4) is 0 Å². The Morgan fingerprint density at radius 2 is 2.06 bits per heavy atom. The summed E-state index contributed by atoms with van der Waals surface area (Å²) in [5.41, 5.74) is 3.61. The largest absolute Gasteiger partial charge is 0.303 e. The molecule has 1 aliphatic carbocycles. The number of hydrogen-bond acceptors (Lipinski definition) is 1. The van der Waals surface area contributed by atoms with Gasteiger partial charge in [0, 0.05) is 6.04 Å². The Kier molecular flexibility index (Phi) is 2.16. The molecular weight excluding hydrogens is 194 g/mol. The lowest BCUT2D eigenvalue weighted by Gasteiger charge is -2.53. The molecule has 1 heterocycles. The molecule has 1 fully saturated rings. The number of hydrogen-bond donors (Lipinski definition) is 0. The highest BCUT2D eigenvalue weighted by Crippen LogP contribution is 2.47. The lowest BCUT2D eigenvalue weighted by Crippen LogP contribution is -2.56. The second-order valence-corrected chi connectivity index (χ2v) is 5.87. The number of nitrogens with zero attached hydrogens (tertiary/aromatic N) is 1. The molecule has 3 rings (SSSR count). The van der Waals surface area contributed by atoms with Crippen molar-refractivity contribution in [1.82, 2.24) is 4.90 Å². The summed E-state index contributed by atoms with van der Waals surface area (Å²) >= 11 is 0. The van der Waals surface area contributed by atoms with Crippen LogP contribution in [0.2, 0.25) is 0 Å². The molecule has 0 amide bonds. The molecule has 0 saturated carbocycles.